The van der Waals surface area contributed by atoms with Gasteiger partial charge in [0.15, 0.2) is 0 Å². The van der Waals surface area contributed by atoms with Crippen molar-refractivity contribution >= 4 is 33.9 Å². The monoisotopic (exact) mass is 692 g/mol. The molecule has 12 heteroatoms. The maximum Gasteiger partial charge on any atom is 0.417 e. The summed E-state index contributed by atoms with van der Waals surface area (Å²) in [6.07, 6.45) is 7.23. The van der Waals surface area contributed by atoms with Gasteiger partial charge < -0.3 is 37.3 Å². The zero-order valence-electron chi connectivity index (χ0n) is 29.1. The Balaban J connectivity index is 0.846. The summed E-state index contributed by atoms with van der Waals surface area (Å²) < 4.78 is 45.1. The minimum absolute atomic E-state index is 0.353. The zero-order chi connectivity index (χ0) is 34.7. The summed E-state index contributed by atoms with van der Waals surface area (Å²) in [5.41, 5.74) is 3.73. The Labute approximate surface area is 292 Å². The second-order valence-corrected chi connectivity index (χ2v) is 12.9. The Morgan fingerprint density at radius 3 is 1.58 bits per heavy atom. The summed E-state index contributed by atoms with van der Waals surface area (Å²) in [7, 11) is 3.33. The maximum atomic E-state index is 12.7. The predicted molar refractivity (Wildman–Crippen MR) is 186 cm³/mol. The summed E-state index contributed by atoms with van der Waals surface area (Å²) in [5, 5.41) is 2.01. The van der Waals surface area contributed by atoms with Crippen LogP contribution < -0.4 is 9.47 Å². The molecule has 4 aromatic rings. The molecule has 0 saturated carbocycles. The molecule has 0 radical (unpaired) electrons. The fraction of sp³-hybridized carbons (Fsp3) is 0.526. The van der Waals surface area contributed by atoms with Crippen LogP contribution in [-0.4, -0.2) is 114 Å². The molecule has 0 spiro atoms. The van der Waals surface area contributed by atoms with Crippen molar-refractivity contribution in [2.75, 3.05) is 79.9 Å². The molecule has 50 heavy (non-hydrogen) atoms. The van der Waals surface area contributed by atoms with Gasteiger partial charge in [0.05, 0.1) is 53.2 Å². The van der Waals surface area contributed by atoms with Crippen molar-refractivity contribution in [2.24, 2.45) is 0 Å². The number of carbonyl (C=O) groups is 2. The van der Waals surface area contributed by atoms with Crippen molar-refractivity contribution < 1.29 is 46.8 Å². The van der Waals surface area contributed by atoms with Gasteiger partial charge in [-0.05, 0) is 88.0 Å². The Morgan fingerprint density at radius 2 is 1.14 bits per heavy atom. The van der Waals surface area contributed by atoms with E-state index >= 15 is 0 Å². The number of carbonyl (C=O) groups excluding carboxylic acids is 2. The zero-order valence-corrected chi connectivity index (χ0v) is 29.1. The van der Waals surface area contributed by atoms with Crippen molar-refractivity contribution in [1.29, 1.82) is 0 Å². The van der Waals surface area contributed by atoms with Gasteiger partial charge in [0, 0.05) is 48.1 Å². The first-order chi connectivity index (χ1) is 24.5. The second kappa shape index (κ2) is 17.7. The second-order valence-electron chi connectivity index (χ2n) is 12.9. The van der Waals surface area contributed by atoms with Crippen LogP contribution in [0.5, 0.6) is 11.5 Å². The minimum Gasteiger partial charge on any atom is -0.496 e. The highest BCUT2D eigenvalue weighted by Crippen LogP contribution is 2.28. The molecule has 2 saturated heterocycles. The topological polar surface area (TPSA) is 122 Å². The van der Waals surface area contributed by atoms with Gasteiger partial charge in [-0.25, -0.2) is 9.59 Å². The summed E-state index contributed by atoms with van der Waals surface area (Å²) in [4.78, 5) is 29.8. The molecule has 4 heterocycles. The van der Waals surface area contributed by atoms with Crippen molar-refractivity contribution in [3.63, 3.8) is 0 Å². The average molecular weight is 693 g/mol. The molecule has 2 atom stereocenters. The van der Waals surface area contributed by atoms with Gasteiger partial charge >= 0.3 is 11.9 Å². The molecule has 12 nitrogen and oxygen atoms in total. The molecule has 0 aliphatic carbocycles. The molecule has 2 unspecified atom stereocenters. The van der Waals surface area contributed by atoms with Crippen LogP contribution in [0.25, 0.3) is 21.9 Å². The van der Waals surface area contributed by atoms with E-state index in [9.17, 15) is 9.59 Å². The molecule has 6 rings (SSSR count). The van der Waals surface area contributed by atoms with E-state index in [1.807, 2.05) is 36.4 Å². The molecule has 2 fully saturated rings. The first-order valence-electron chi connectivity index (χ1n) is 17.6. The molecule has 2 aromatic carbocycles. The standard InChI is InChI=1S/C38H48N2O10/c1-43-33-21-29-9-17-47-35(29)23-27(33)7-15-45-19-13-39-11-3-5-31(25-39)49-37(41)38(42)50-32-6-4-12-40(26-32)14-20-46-16-8-28-24-36-30(10-18-48-36)22-34(28)44-2/h9-10,17-18,21-24,31-32H,3-8,11-16,19-20,25-26H2,1-2H3. The van der Waals surface area contributed by atoms with Gasteiger partial charge in [-0.2, -0.15) is 0 Å². The molecular weight excluding hydrogens is 644 g/mol. The molecule has 2 aliphatic heterocycles. The lowest BCUT2D eigenvalue weighted by molar-refractivity contribution is -0.177. The Bertz CT molecular complexity index is 1580. The number of ether oxygens (including phenoxy) is 6. The van der Waals surface area contributed by atoms with Crippen LogP contribution in [0.4, 0.5) is 0 Å². The van der Waals surface area contributed by atoms with E-state index in [4.69, 9.17) is 37.3 Å². The Morgan fingerprint density at radius 1 is 0.680 bits per heavy atom. The van der Waals surface area contributed by atoms with E-state index in [0.29, 0.717) is 78.3 Å². The number of rotatable bonds is 16. The smallest absolute Gasteiger partial charge is 0.417 e. The lowest BCUT2D eigenvalue weighted by Gasteiger charge is -2.33. The first kappa shape index (κ1) is 35.7. The van der Waals surface area contributed by atoms with Gasteiger partial charge in [0.1, 0.15) is 34.9 Å². The third-order valence-corrected chi connectivity index (χ3v) is 9.48. The molecular formula is C38H48N2O10. The molecule has 2 aliphatic rings. The first-order valence-corrected chi connectivity index (χ1v) is 17.6. The molecule has 0 amide bonds. The summed E-state index contributed by atoms with van der Waals surface area (Å²) in [6, 6.07) is 11.8. The number of hydrogen-bond acceptors (Lipinski definition) is 12. The molecule has 270 valence electrons. The van der Waals surface area contributed by atoms with Gasteiger partial charge in [-0.3, -0.25) is 9.80 Å². The number of methoxy groups -OCH3 is 2. The van der Waals surface area contributed by atoms with E-state index in [1.54, 1.807) is 26.7 Å². The number of likely N-dealkylation sites (tertiary alicyclic amines) is 2. The SMILES string of the molecule is COc1cc2ccoc2cc1CCOCCN1CCCC(OC(=O)C(=O)OC2CCCN(CCOCCc3cc4occc4cc3OC)C2)C1. The van der Waals surface area contributed by atoms with E-state index in [1.165, 1.54) is 0 Å². The van der Waals surface area contributed by atoms with Crippen LogP contribution in [0.15, 0.2) is 57.8 Å². The highest BCUT2D eigenvalue weighted by molar-refractivity contribution is 6.29. The van der Waals surface area contributed by atoms with E-state index in [0.717, 1.165) is 70.5 Å². The lowest BCUT2D eigenvalue weighted by atomic mass is 10.1. The Hall–Kier alpha value is -4.10. The van der Waals surface area contributed by atoms with E-state index in [2.05, 4.69) is 9.80 Å². The fourth-order valence-corrected chi connectivity index (χ4v) is 6.81. The average Bonchev–Trinajstić information content (AvgIpc) is 3.79. The van der Waals surface area contributed by atoms with Crippen molar-refractivity contribution in [3.05, 3.63) is 60.1 Å². The number of benzene rings is 2. The van der Waals surface area contributed by atoms with Gasteiger partial charge in [0.25, 0.3) is 0 Å². The lowest BCUT2D eigenvalue weighted by Crippen LogP contribution is -2.45. The van der Waals surface area contributed by atoms with Crippen LogP contribution in [-0.2, 0) is 41.4 Å². The van der Waals surface area contributed by atoms with Gasteiger partial charge in [0.2, 0.25) is 0 Å². The number of furan rings is 2. The van der Waals surface area contributed by atoms with Crippen LogP contribution in [0, 0.1) is 0 Å². The summed E-state index contributed by atoms with van der Waals surface area (Å²) in [5.74, 6) is -0.193. The minimum atomic E-state index is -0.917. The quantitative estimate of drug-likeness (QED) is 0.0890. The van der Waals surface area contributed by atoms with Crippen LogP contribution in [0.2, 0.25) is 0 Å². The number of piperidine rings is 2. The largest absolute Gasteiger partial charge is 0.496 e. The van der Waals surface area contributed by atoms with Crippen molar-refractivity contribution in [1.82, 2.24) is 9.80 Å². The number of nitrogens with zero attached hydrogens (tertiary/aromatic N) is 2. The summed E-state index contributed by atoms with van der Waals surface area (Å²) in [6.45, 7) is 6.52. The fourth-order valence-electron chi connectivity index (χ4n) is 6.81. The van der Waals surface area contributed by atoms with Crippen molar-refractivity contribution in [2.45, 2.75) is 50.7 Å². The third-order valence-electron chi connectivity index (χ3n) is 9.48. The van der Waals surface area contributed by atoms with Gasteiger partial charge in [-0.1, -0.05) is 0 Å². The van der Waals surface area contributed by atoms with E-state index in [-0.39, 0.29) is 12.2 Å². The maximum absolute atomic E-state index is 12.7. The van der Waals surface area contributed by atoms with Crippen molar-refractivity contribution in [3.8, 4) is 11.5 Å². The number of fused-ring (bicyclic) bond motifs is 2. The number of hydrogen-bond donors (Lipinski definition) is 0. The third kappa shape index (κ3) is 9.57. The highest BCUT2D eigenvalue weighted by Gasteiger charge is 2.30. The molecule has 0 bridgehead atoms. The number of esters is 2. The summed E-state index contributed by atoms with van der Waals surface area (Å²) >= 11 is 0. The van der Waals surface area contributed by atoms with Crippen LogP contribution in [0.3, 0.4) is 0 Å². The van der Waals surface area contributed by atoms with Crippen LogP contribution >= 0.6 is 0 Å². The van der Waals surface area contributed by atoms with E-state index < -0.39 is 11.9 Å². The Kier molecular flexibility index (Phi) is 12.7. The molecule has 2 aromatic heterocycles. The molecule has 0 N–H and O–H groups in total. The normalized spacial score (nSPS) is 18.8. The van der Waals surface area contributed by atoms with Crippen LogP contribution in [0.1, 0.15) is 36.8 Å². The van der Waals surface area contributed by atoms with Gasteiger partial charge in [-0.15, -0.1) is 0 Å². The highest BCUT2D eigenvalue weighted by atomic mass is 16.6. The predicted octanol–water partition coefficient (Wildman–Crippen LogP) is 5.03.